The van der Waals surface area contributed by atoms with E-state index in [0.29, 0.717) is 13.1 Å². The van der Waals surface area contributed by atoms with Crippen LogP contribution in [-0.2, 0) is 13.1 Å². The van der Waals surface area contributed by atoms with Crippen molar-refractivity contribution in [2.45, 2.75) is 26.9 Å². The Morgan fingerprint density at radius 1 is 0.513 bits per heavy atom. The average Bonchev–Trinajstić information content (AvgIpc) is 2.99. The molecule has 39 heavy (non-hydrogen) atoms. The third-order valence-electron chi connectivity index (χ3n) is 7.05. The molecule has 5 aromatic rings. The lowest BCUT2D eigenvalue weighted by Crippen LogP contribution is -2.10. The van der Waals surface area contributed by atoms with Crippen molar-refractivity contribution in [2.75, 3.05) is 4.90 Å². The van der Waals surface area contributed by atoms with E-state index >= 15 is 0 Å². The van der Waals surface area contributed by atoms with E-state index in [4.69, 9.17) is 11.5 Å². The number of anilines is 3. The largest absolute Gasteiger partial charge is 0.326 e. The summed E-state index contributed by atoms with van der Waals surface area (Å²) in [5.74, 6) is 0. The van der Waals surface area contributed by atoms with Gasteiger partial charge in [-0.05, 0) is 89.7 Å². The van der Waals surface area contributed by atoms with E-state index in [-0.39, 0.29) is 0 Å². The van der Waals surface area contributed by atoms with Gasteiger partial charge in [0.15, 0.2) is 0 Å². The normalized spacial score (nSPS) is 11.4. The van der Waals surface area contributed by atoms with Crippen molar-refractivity contribution in [2.24, 2.45) is 11.5 Å². The van der Waals surface area contributed by atoms with E-state index in [1.54, 1.807) is 0 Å². The monoisotopic (exact) mass is 509 g/mol. The van der Waals surface area contributed by atoms with Gasteiger partial charge in [-0.1, -0.05) is 96.1 Å². The smallest absolute Gasteiger partial charge is 0.0462 e. The summed E-state index contributed by atoms with van der Waals surface area (Å²) in [6.45, 7) is 5.30. The summed E-state index contributed by atoms with van der Waals surface area (Å²) >= 11 is 0. The first kappa shape index (κ1) is 26.2. The third-order valence-corrected chi connectivity index (χ3v) is 7.05. The topological polar surface area (TPSA) is 55.3 Å². The maximum absolute atomic E-state index is 5.85. The first-order valence-electron chi connectivity index (χ1n) is 13.4. The van der Waals surface area contributed by atoms with E-state index in [1.807, 2.05) is 0 Å². The van der Waals surface area contributed by atoms with Gasteiger partial charge in [0, 0.05) is 30.2 Å². The molecule has 4 N–H and O–H groups in total. The molecule has 5 aromatic carbocycles. The van der Waals surface area contributed by atoms with Gasteiger partial charge in [-0.15, -0.1) is 0 Å². The summed E-state index contributed by atoms with van der Waals surface area (Å²) in [5.41, 5.74) is 24.4. The maximum atomic E-state index is 5.85. The van der Waals surface area contributed by atoms with Gasteiger partial charge in [0.2, 0.25) is 0 Å². The fourth-order valence-electron chi connectivity index (χ4n) is 4.70. The van der Waals surface area contributed by atoms with Crippen molar-refractivity contribution in [1.29, 1.82) is 0 Å². The molecule has 0 atom stereocenters. The second kappa shape index (κ2) is 12.0. The molecule has 0 aliphatic rings. The molecule has 0 bridgehead atoms. The quantitative estimate of drug-likeness (QED) is 0.207. The van der Waals surface area contributed by atoms with Crippen LogP contribution in [-0.4, -0.2) is 0 Å². The minimum absolute atomic E-state index is 0.532. The van der Waals surface area contributed by atoms with Crippen LogP contribution in [0.1, 0.15) is 38.9 Å². The summed E-state index contributed by atoms with van der Waals surface area (Å²) in [6.07, 6.45) is 2.26. The minimum Gasteiger partial charge on any atom is -0.326 e. The Bertz CT molecular complexity index is 1530. The molecule has 0 saturated carbocycles. The van der Waals surface area contributed by atoms with Crippen LogP contribution in [0.25, 0.3) is 11.6 Å². The first-order valence-corrected chi connectivity index (χ1v) is 13.4. The number of nitrogens with zero attached hydrogens (tertiary/aromatic N) is 1. The zero-order valence-electron chi connectivity index (χ0n) is 22.6. The number of rotatable bonds is 8. The second-order valence-electron chi connectivity index (χ2n) is 9.96. The minimum atomic E-state index is 0.532. The molecule has 0 fully saturated rings. The van der Waals surface area contributed by atoms with Crippen molar-refractivity contribution in [3.63, 3.8) is 0 Å². The van der Waals surface area contributed by atoms with Crippen LogP contribution < -0.4 is 16.4 Å². The standard InChI is InChI=1S/C36H35N3/c1-26-3-13-31(14-4-26)36(32-15-7-29(24-37)8-16-32)23-28-9-19-34(20-10-28)39(33-17-5-27(2)6-18-33)35-21-11-30(25-38)12-22-35/h3-23H,24-25,37-38H2,1-2H3/b36-23-. The summed E-state index contributed by atoms with van der Waals surface area (Å²) < 4.78 is 0. The summed E-state index contributed by atoms with van der Waals surface area (Å²) in [7, 11) is 0. The van der Waals surface area contributed by atoms with E-state index in [0.717, 1.165) is 33.8 Å². The molecule has 0 heterocycles. The van der Waals surface area contributed by atoms with Crippen LogP contribution in [0, 0.1) is 13.8 Å². The Labute approximate surface area is 232 Å². The van der Waals surface area contributed by atoms with Crippen LogP contribution in [0.3, 0.4) is 0 Å². The van der Waals surface area contributed by atoms with Gasteiger partial charge < -0.3 is 16.4 Å². The fourth-order valence-corrected chi connectivity index (χ4v) is 4.70. The van der Waals surface area contributed by atoms with E-state index in [1.165, 1.54) is 27.8 Å². The number of nitrogens with two attached hydrogens (primary N) is 2. The molecule has 0 spiro atoms. The van der Waals surface area contributed by atoms with Gasteiger partial charge >= 0.3 is 0 Å². The van der Waals surface area contributed by atoms with Crippen molar-refractivity contribution in [3.05, 3.63) is 160 Å². The molecule has 194 valence electrons. The lowest BCUT2D eigenvalue weighted by molar-refractivity contribution is 1.07. The predicted octanol–water partition coefficient (Wildman–Crippen LogP) is 8.28. The van der Waals surface area contributed by atoms with Gasteiger partial charge in [-0.25, -0.2) is 0 Å². The zero-order valence-corrected chi connectivity index (χ0v) is 22.6. The fraction of sp³-hybridized carbons (Fsp3) is 0.111. The van der Waals surface area contributed by atoms with Crippen LogP contribution in [0.4, 0.5) is 17.1 Å². The number of hydrogen-bond acceptors (Lipinski definition) is 3. The Kier molecular flexibility index (Phi) is 8.02. The predicted molar refractivity (Wildman–Crippen MR) is 166 cm³/mol. The molecular formula is C36H35N3. The second-order valence-corrected chi connectivity index (χ2v) is 9.96. The lowest BCUT2D eigenvalue weighted by atomic mass is 9.94. The van der Waals surface area contributed by atoms with Crippen LogP contribution >= 0.6 is 0 Å². The average molecular weight is 510 g/mol. The van der Waals surface area contributed by atoms with Crippen molar-refractivity contribution in [1.82, 2.24) is 0 Å². The van der Waals surface area contributed by atoms with Crippen molar-refractivity contribution >= 4 is 28.7 Å². The van der Waals surface area contributed by atoms with Crippen LogP contribution in [0.5, 0.6) is 0 Å². The highest BCUT2D eigenvalue weighted by molar-refractivity contribution is 5.92. The molecule has 0 saturated heterocycles. The molecule has 0 aliphatic heterocycles. The lowest BCUT2D eigenvalue weighted by Gasteiger charge is -2.26. The SMILES string of the molecule is Cc1ccc(/C(=C/c2ccc(N(c3ccc(C)cc3)c3ccc(CN)cc3)cc2)c2ccc(CN)cc2)cc1. The van der Waals surface area contributed by atoms with Crippen molar-refractivity contribution in [3.8, 4) is 0 Å². The molecule has 0 amide bonds. The molecule has 0 aromatic heterocycles. The number of hydrogen-bond donors (Lipinski definition) is 2. The Hall–Kier alpha value is -4.44. The molecule has 0 aliphatic carbocycles. The molecule has 0 unspecified atom stereocenters. The van der Waals surface area contributed by atoms with Gasteiger partial charge in [-0.3, -0.25) is 0 Å². The van der Waals surface area contributed by atoms with Crippen LogP contribution in [0.2, 0.25) is 0 Å². The molecule has 3 heteroatoms. The van der Waals surface area contributed by atoms with E-state index in [2.05, 4.69) is 146 Å². The summed E-state index contributed by atoms with van der Waals surface area (Å²) in [4.78, 5) is 2.28. The van der Waals surface area contributed by atoms with Gasteiger partial charge in [0.05, 0.1) is 0 Å². The Morgan fingerprint density at radius 2 is 0.872 bits per heavy atom. The number of aryl methyl sites for hydroxylation is 2. The first-order chi connectivity index (χ1) is 19.0. The maximum Gasteiger partial charge on any atom is 0.0462 e. The molecule has 3 nitrogen and oxygen atoms in total. The summed E-state index contributed by atoms with van der Waals surface area (Å²) in [5, 5.41) is 0. The molecule has 5 rings (SSSR count). The highest BCUT2D eigenvalue weighted by Gasteiger charge is 2.13. The van der Waals surface area contributed by atoms with E-state index < -0.39 is 0 Å². The van der Waals surface area contributed by atoms with Gasteiger partial charge in [0.25, 0.3) is 0 Å². The van der Waals surface area contributed by atoms with Crippen molar-refractivity contribution < 1.29 is 0 Å². The van der Waals surface area contributed by atoms with Gasteiger partial charge in [-0.2, -0.15) is 0 Å². The highest BCUT2D eigenvalue weighted by Crippen LogP contribution is 2.35. The van der Waals surface area contributed by atoms with Gasteiger partial charge in [0.1, 0.15) is 0 Å². The zero-order chi connectivity index (χ0) is 27.2. The van der Waals surface area contributed by atoms with Crippen LogP contribution in [0.15, 0.2) is 121 Å². The summed E-state index contributed by atoms with van der Waals surface area (Å²) in [6, 6.07) is 43.1. The Balaban J connectivity index is 1.54. The molecule has 0 radical (unpaired) electrons. The molecular weight excluding hydrogens is 474 g/mol. The number of benzene rings is 5. The van der Waals surface area contributed by atoms with E-state index in [9.17, 15) is 0 Å². The highest BCUT2D eigenvalue weighted by atomic mass is 15.1. The Morgan fingerprint density at radius 3 is 1.33 bits per heavy atom. The third kappa shape index (κ3) is 6.18.